The SMILES string of the molecule is NCCNC(=O)c1cccc(OCC2CCCO2)c1. The summed E-state index contributed by atoms with van der Waals surface area (Å²) in [7, 11) is 0. The van der Waals surface area contributed by atoms with E-state index in [1.807, 2.05) is 12.1 Å². The van der Waals surface area contributed by atoms with Crippen LogP contribution in [-0.4, -0.2) is 38.3 Å². The molecule has 0 radical (unpaired) electrons. The quantitative estimate of drug-likeness (QED) is 0.801. The maximum atomic E-state index is 11.8. The molecule has 1 aromatic carbocycles. The van der Waals surface area contributed by atoms with Gasteiger partial charge in [-0.05, 0) is 31.0 Å². The summed E-state index contributed by atoms with van der Waals surface area (Å²) in [5.74, 6) is 0.559. The smallest absolute Gasteiger partial charge is 0.251 e. The highest BCUT2D eigenvalue weighted by molar-refractivity contribution is 5.94. The number of hydrogen-bond donors (Lipinski definition) is 2. The van der Waals surface area contributed by atoms with Crippen molar-refractivity contribution >= 4 is 5.91 Å². The summed E-state index contributed by atoms with van der Waals surface area (Å²) in [5, 5.41) is 2.73. The minimum atomic E-state index is -0.131. The Kier molecular flexibility index (Phi) is 5.18. The molecule has 1 fully saturated rings. The number of hydrogen-bond acceptors (Lipinski definition) is 4. The van der Waals surface area contributed by atoms with Crippen molar-refractivity contribution in [2.45, 2.75) is 18.9 Å². The van der Waals surface area contributed by atoms with E-state index in [0.717, 1.165) is 19.4 Å². The summed E-state index contributed by atoms with van der Waals surface area (Å²) >= 11 is 0. The van der Waals surface area contributed by atoms with Crippen LogP contribution in [0.4, 0.5) is 0 Å². The second-order valence-corrected chi connectivity index (χ2v) is 4.52. The fourth-order valence-electron chi connectivity index (χ4n) is 1.98. The molecule has 5 nitrogen and oxygen atoms in total. The average molecular weight is 264 g/mol. The molecule has 104 valence electrons. The highest BCUT2D eigenvalue weighted by atomic mass is 16.5. The molecular weight excluding hydrogens is 244 g/mol. The standard InChI is InChI=1S/C14H20N2O3/c15-6-7-16-14(17)11-3-1-4-12(9-11)19-10-13-5-2-8-18-13/h1,3-4,9,13H,2,5-8,10,15H2,(H,16,17). The summed E-state index contributed by atoms with van der Waals surface area (Å²) in [4.78, 5) is 11.8. The number of ether oxygens (including phenoxy) is 2. The summed E-state index contributed by atoms with van der Waals surface area (Å²) in [6.45, 7) is 2.25. The van der Waals surface area contributed by atoms with Crippen LogP contribution >= 0.6 is 0 Å². The van der Waals surface area contributed by atoms with Crippen molar-refractivity contribution in [3.8, 4) is 5.75 Å². The maximum absolute atomic E-state index is 11.8. The second kappa shape index (κ2) is 7.11. The zero-order valence-corrected chi connectivity index (χ0v) is 10.9. The molecule has 1 aliphatic heterocycles. The minimum Gasteiger partial charge on any atom is -0.491 e. The summed E-state index contributed by atoms with van der Waals surface area (Å²) in [5.41, 5.74) is 5.93. The van der Waals surface area contributed by atoms with Crippen molar-refractivity contribution in [1.82, 2.24) is 5.32 Å². The van der Waals surface area contributed by atoms with Crippen molar-refractivity contribution in [2.24, 2.45) is 5.73 Å². The first-order chi connectivity index (χ1) is 9.29. The van der Waals surface area contributed by atoms with Gasteiger partial charge in [-0.2, -0.15) is 0 Å². The number of nitrogens with two attached hydrogens (primary N) is 1. The fourth-order valence-corrected chi connectivity index (χ4v) is 1.98. The van der Waals surface area contributed by atoms with Gasteiger partial charge in [-0.1, -0.05) is 6.07 Å². The van der Waals surface area contributed by atoms with Gasteiger partial charge in [0.05, 0.1) is 6.10 Å². The number of benzene rings is 1. The van der Waals surface area contributed by atoms with Crippen molar-refractivity contribution in [1.29, 1.82) is 0 Å². The zero-order valence-electron chi connectivity index (χ0n) is 10.9. The number of carbonyl (C=O) groups excluding carboxylic acids is 1. The van der Waals surface area contributed by atoms with Gasteiger partial charge in [0, 0.05) is 25.3 Å². The van der Waals surface area contributed by atoms with Crippen LogP contribution in [0.2, 0.25) is 0 Å². The van der Waals surface area contributed by atoms with Crippen LogP contribution in [0.15, 0.2) is 24.3 Å². The van der Waals surface area contributed by atoms with E-state index in [1.54, 1.807) is 12.1 Å². The van der Waals surface area contributed by atoms with Gasteiger partial charge in [0.2, 0.25) is 0 Å². The monoisotopic (exact) mass is 264 g/mol. The van der Waals surface area contributed by atoms with Crippen LogP contribution in [0.25, 0.3) is 0 Å². The molecule has 0 spiro atoms. The Hall–Kier alpha value is -1.59. The van der Waals surface area contributed by atoms with Crippen LogP contribution in [0.5, 0.6) is 5.75 Å². The molecule has 0 aromatic heterocycles. The highest BCUT2D eigenvalue weighted by Gasteiger charge is 2.16. The van der Waals surface area contributed by atoms with Crippen molar-refractivity contribution in [2.75, 3.05) is 26.3 Å². The zero-order chi connectivity index (χ0) is 13.5. The highest BCUT2D eigenvalue weighted by Crippen LogP contribution is 2.17. The van der Waals surface area contributed by atoms with Crippen LogP contribution in [0.1, 0.15) is 23.2 Å². The molecule has 1 amide bonds. The molecule has 1 aliphatic rings. The lowest BCUT2D eigenvalue weighted by molar-refractivity contribution is 0.0679. The van der Waals surface area contributed by atoms with Crippen LogP contribution < -0.4 is 15.8 Å². The van der Waals surface area contributed by atoms with Crippen LogP contribution in [-0.2, 0) is 4.74 Å². The molecule has 0 aliphatic carbocycles. The molecule has 1 saturated heterocycles. The molecule has 1 unspecified atom stereocenters. The predicted molar refractivity (Wildman–Crippen MR) is 72.3 cm³/mol. The lowest BCUT2D eigenvalue weighted by atomic mass is 10.2. The van der Waals surface area contributed by atoms with Gasteiger partial charge in [-0.3, -0.25) is 4.79 Å². The van der Waals surface area contributed by atoms with Gasteiger partial charge in [0.1, 0.15) is 12.4 Å². The van der Waals surface area contributed by atoms with E-state index in [2.05, 4.69) is 5.32 Å². The van der Waals surface area contributed by atoms with Gasteiger partial charge in [-0.15, -0.1) is 0 Å². The Labute approximate surface area is 113 Å². The Bertz CT molecular complexity index is 417. The summed E-state index contributed by atoms with van der Waals surface area (Å²) in [6.07, 6.45) is 2.31. The van der Waals surface area contributed by atoms with E-state index in [9.17, 15) is 4.79 Å². The Balaban J connectivity index is 1.88. The maximum Gasteiger partial charge on any atom is 0.251 e. The number of amides is 1. The number of carbonyl (C=O) groups is 1. The Morgan fingerprint density at radius 2 is 2.42 bits per heavy atom. The van der Waals surface area contributed by atoms with Gasteiger partial charge in [0.15, 0.2) is 0 Å². The van der Waals surface area contributed by atoms with Crippen molar-refractivity contribution in [3.63, 3.8) is 0 Å². The fraction of sp³-hybridized carbons (Fsp3) is 0.500. The summed E-state index contributed by atoms with van der Waals surface area (Å²) < 4.78 is 11.1. The summed E-state index contributed by atoms with van der Waals surface area (Å²) in [6, 6.07) is 7.14. The van der Waals surface area contributed by atoms with Crippen LogP contribution in [0, 0.1) is 0 Å². The Morgan fingerprint density at radius 1 is 1.53 bits per heavy atom. The molecular formula is C14H20N2O3. The third-order valence-corrected chi connectivity index (χ3v) is 2.99. The van der Waals surface area contributed by atoms with E-state index in [1.165, 1.54) is 0 Å². The molecule has 2 rings (SSSR count). The number of nitrogens with one attached hydrogen (secondary N) is 1. The first kappa shape index (κ1) is 13.8. The Morgan fingerprint density at radius 3 is 3.16 bits per heavy atom. The lowest BCUT2D eigenvalue weighted by Gasteiger charge is -2.12. The largest absolute Gasteiger partial charge is 0.491 e. The van der Waals surface area contributed by atoms with E-state index in [0.29, 0.717) is 31.0 Å². The molecule has 0 bridgehead atoms. The third kappa shape index (κ3) is 4.22. The van der Waals surface area contributed by atoms with E-state index >= 15 is 0 Å². The van der Waals surface area contributed by atoms with Gasteiger partial charge >= 0.3 is 0 Å². The first-order valence-corrected chi connectivity index (χ1v) is 6.62. The molecule has 3 N–H and O–H groups in total. The average Bonchev–Trinajstić information content (AvgIpc) is 2.96. The topological polar surface area (TPSA) is 73.6 Å². The number of rotatable bonds is 6. The van der Waals surface area contributed by atoms with Gasteiger partial charge in [-0.25, -0.2) is 0 Å². The normalized spacial score (nSPS) is 18.3. The van der Waals surface area contributed by atoms with Crippen molar-refractivity contribution < 1.29 is 14.3 Å². The predicted octanol–water partition coefficient (Wildman–Crippen LogP) is 0.933. The molecule has 1 heterocycles. The van der Waals surface area contributed by atoms with Crippen molar-refractivity contribution in [3.05, 3.63) is 29.8 Å². The minimum absolute atomic E-state index is 0.131. The molecule has 1 atom stereocenters. The lowest BCUT2D eigenvalue weighted by Crippen LogP contribution is -2.28. The second-order valence-electron chi connectivity index (χ2n) is 4.52. The van der Waals surface area contributed by atoms with E-state index in [4.69, 9.17) is 15.2 Å². The van der Waals surface area contributed by atoms with E-state index in [-0.39, 0.29) is 12.0 Å². The molecule has 0 saturated carbocycles. The molecule has 19 heavy (non-hydrogen) atoms. The molecule has 1 aromatic rings. The first-order valence-electron chi connectivity index (χ1n) is 6.62. The van der Waals surface area contributed by atoms with Gasteiger partial charge in [0.25, 0.3) is 5.91 Å². The third-order valence-electron chi connectivity index (χ3n) is 2.99. The molecule has 5 heteroatoms. The van der Waals surface area contributed by atoms with Crippen LogP contribution in [0.3, 0.4) is 0 Å². The van der Waals surface area contributed by atoms with Gasteiger partial charge < -0.3 is 20.5 Å². The van der Waals surface area contributed by atoms with E-state index < -0.39 is 0 Å².